The minimum Gasteiger partial charge on any atom is -0.464 e. The van der Waals surface area contributed by atoms with Crippen LogP contribution in [-0.2, 0) is 9.53 Å². The van der Waals surface area contributed by atoms with Crippen LogP contribution in [0.3, 0.4) is 0 Å². The first kappa shape index (κ1) is 9.93. The molecule has 0 aromatic heterocycles. The summed E-state index contributed by atoms with van der Waals surface area (Å²) in [4.78, 5) is 13.6. The summed E-state index contributed by atoms with van der Waals surface area (Å²) in [6.07, 6.45) is 3.26. The Hall–Kier alpha value is -0.610. The van der Waals surface area contributed by atoms with Crippen LogP contribution in [0, 0.1) is 0 Å². The SMILES string of the molecule is CNC1CCCN(C2CCOC2=O)C1. The summed E-state index contributed by atoms with van der Waals surface area (Å²) in [5.74, 6) is -0.0262. The van der Waals surface area contributed by atoms with Crippen molar-refractivity contribution in [1.82, 2.24) is 10.2 Å². The van der Waals surface area contributed by atoms with E-state index in [2.05, 4.69) is 10.2 Å². The van der Waals surface area contributed by atoms with Crippen molar-refractivity contribution >= 4 is 5.97 Å². The lowest BCUT2D eigenvalue weighted by Gasteiger charge is -2.34. The van der Waals surface area contributed by atoms with Crippen LogP contribution in [-0.4, -0.2) is 49.7 Å². The molecule has 0 saturated carbocycles. The Morgan fingerprint density at radius 1 is 1.50 bits per heavy atom. The van der Waals surface area contributed by atoms with Crippen molar-refractivity contribution < 1.29 is 9.53 Å². The van der Waals surface area contributed by atoms with Crippen LogP contribution in [0.2, 0.25) is 0 Å². The van der Waals surface area contributed by atoms with Crippen molar-refractivity contribution in [2.24, 2.45) is 0 Å². The van der Waals surface area contributed by atoms with Gasteiger partial charge in [-0.25, -0.2) is 0 Å². The smallest absolute Gasteiger partial charge is 0.323 e. The van der Waals surface area contributed by atoms with Gasteiger partial charge in [0.05, 0.1) is 6.61 Å². The molecule has 2 unspecified atom stereocenters. The molecule has 0 amide bonds. The summed E-state index contributed by atoms with van der Waals surface area (Å²) < 4.78 is 4.99. The first-order valence-electron chi connectivity index (χ1n) is 5.39. The lowest BCUT2D eigenvalue weighted by atomic mass is 10.0. The largest absolute Gasteiger partial charge is 0.464 e. The van der Waals surface area contributed by atoms with Crippen LogP contribution in [0.25, 0.3) is 0 Å². The van der Waals surface area contributed by atoms with Gasteiger partial charge >= 0.3 is 5.97 Å². The number of hydrogen-bond donors (Lipinski definition) is 1. The van der Waals surface area contributed by atoms with E-state index >= 15 is 0 Å². The third-order valence-corrected chi connectivity index (χ3v) is 3.21. The number of nitrogens with one attached hydrogen (secondary N) is 1. The number of likely N-dealkylation sites (tertiary alicyclic amines) is 1. The monoisotopic (exact) mass is 198 g/mol. The molecule has 0 aromatic carbocycles. The molecule has 2 aliphatic heterocycles. The zero-order chi connectivity index (χ0) is 9.97. The maximum atomic E-state index is 11.4. The molecule has 0 spiro atoms. The summed E-state index contributed by atoms with van der Waals surface area (Å²) in [5.41, 5.74) is 0. The summed E-state index contributed by atoms with van der Waals surface area (Å²) in [7, 11) is 1.99. The normalized spacial score (nSPS) is 34.5. The highest BCUT2D eigenvalue weighted by Gasteiger charge is 2.34. The van der Waals surface area contributed by atoms with E-state index in [0.717, 1.165) is 19.5 Å². The first-order valence-corrected chi connectivity index (χ1v) is 5.39. The highest BCUT2D eigenvalue weighted by atomic mass is 16.5. The second-order valence-corrected chi connectivity index (χ2v) is 4.09. The zero-order valence-corrected chi connectivity index (χ0v) is 8.66. The molecule has 2 rings (SSSR count). The molecule has 80 valence electrons. The van der Waals surface area contributed by atoms with Gasteiger partial charge in [0.25, 0.3) is 0 Å². The number of carbonyl (C=O) groups is 1. The molecule has 14 heavy (non-hydrogen) atoms. The standard InChI is InChI=1S/C10H18N2O2/c1-11-8-3-2-5-12(7-8)9-4-6-14-10(9)13/h8-9,11H,2-7H2,1H3. The van der Waals surface area contributed by atoms with Crippen molar-refractivity contribution in [2.75, 3.05) is 26.7 Å². The van der Waals surface area contributed by atoms with Crippen LogP contribution in [0.1, 0.15) is 19.3 Å². The van der Waals surface area contributed by atoms with Crippen molar-refractivity contribution in [3.05, 3.63) is 0 Å². The zero-order valence-electron chi connectivity index (χ0n) is 8.66. The summed E-state index contributed by atoms with van der Waals surface area (Å²) in [6.45, 7) is 2.62. The molecule has 2 fully saturated rings. The number of rotatable bonds is 2. The second-order valence-electron chi connectivity index (χ2n) is 4.09. The first-order chi connectivity index (χ1) is 6.81. The third kappa shape index (κ3) is 1.91. The van der Waals surface area contributed by atoms with Crippen LogP contribution in [0.15, 0.2) is 0 Å². The summed E-state index contributed by atoms with van der Waals surface area (Å²) >= 11 is 0. The fourth-order valence-corrected chi connectivity index (χ4v) is 2.34. The average molecular weight is 198 g/mol. The Morgan fingerprint density at radius 3 is 3.00 bits per heavy atom. The Morgan fingerprint density at radius 2 is 2.36 bits per heavy atom. The van der Waals surface area contributed by atoms with Crippen LogP contribution in [0.5, 0.6) is 0 Å². The van der Waals surface area contributed by atoms with E-state index in [0.29, 0.717) is 12.6 Å². The minimum atomic E-state index is -0.0262. The van der Waals surface area contributed by atoms with Crippen LogP contribution >= 0.6 is 0 Å². The molecule has 2 saturated heterocycles. The third-order valence-electron chi connectivity index (χ3n) is 3.21. The molecule has 2 aliphatic rings. The number of piperidine rings is 1. The van der Waals surface area contributed by atoms with Gasteiger partial charge in [-0.1, -0.05) is 0 Å². The molecule has 4 heteroatoms. The molecule has 4 nitrogen and oxygen atoms in total. The van der Waals surface area contributed by atoms with Gasteiger partial charge < -0.3 is 10.1 Å². The molecule has 2 atom stereocenters. The second kappa shape index (κ2) is 4.28. The maximum absolute atomic E-state index is 11.4. The molecule has 0 radical (unpaired) electrons. The Balaban J connectivity index is 1.93. The highest BCUT2D eigenvalue weighted by Crippen LogP contribution is 2.19. The van der Waals surface area contributed by atoms with Crippen molar-refractivity contribution in [3.8, 4) is 0 Å². The Bertz CT molecular complexity index is 220. The lowest BCUT2D eigenvalue weighted by molar-refractivity contribution is -0.142. The Labute approximate surface area is 84.6 Å². The number of likely N-dealkylation sites (N-methyl/N-ethyl adjacent to an activating group) is 1. The summed E-state index contributed by atoms with van der Waals surface area (Å²) in [6, 6.07) is 0.572. The van der Waals surface area contributed by atoms with Gasteiger partial charge in [0.15, 0.2) is 0 Å². The quantitative estimate of drug-likeness (QED) is 0.633. The predicted molar refractivity (Wildman–Crippen MR) is 53.0 cm³/mol. The molecular weight excluding hydrogens is 180 g/mol. The number of ether oxygens (including phenoxy) is 1. The summed E-state index contributed by atoms with van der Waals surface area (Å²) in [5, 5.41) is 3.28. The number of carbonyl (C=O) groups excluding carboxylic acids is 1. The predicted octanol–water partition coefficient (Wildman–Crippen LogP) is -0.0143. The van der Waals surface area contributed by atoms with E-state index in [4.69, 9.17) is 4.74 Å². The Kier molecular flexibility index (Phi) is 3.03. The van der Waals surface area contributed by atoms with Crippen molar-refractivity contribution in [3.63, 3.8) is 0 Å². The van der Waals surface area contributed by atoms with E-state index in [9.17, 15) is 4.79 Å². The molecule has 0 aliphatic carbocycles. The molecule has 2 heterocycles. The minimum absolute atomic E-state index is 0.0262. The van der Waals surface area contributed by atoms with Crippen LogP contribution < -0.4 is 5.32 Å². The van der Waals surface area contributed by atoms with Crippen molar-refractivity contribution in [1.29, 1.82) is 0 Å². The fourth-order valence-electron chi connectivity index (χ4n) is 2.34. The van der Waals surface area contributed by atoms with Gasteiger partial charge in [0.2, 0.25) is 0 Å². The van der Waals surface area contributed by atoms with E-state index < -0.39 is 0 Å². The number of cyclic esters (lactones) is 1. The average Bonchev–Trinajstić information content (AvgIpc) is 2.65. The molecular formula is C10H18N2O2. The van der Waals surface area contributed by atoms with Crippen LogP contribution in [0.4, 0.5) is 0 Å². The molecule has 0 aromatic rings. The van der Waals surface area contributed by atoms with Gasteiger partial charge in [-0.15, -0.1) is 0 Å². The number of hydrogen-bond acceptors (Lipinski definition) is 4. The molecule has 1 N–H and O–H groups in total. The lowest BCUT2D eigenvalue weighted by Crippen LogP contribution is -2.50. The van der Waals surface area contributed by atoms with Gasteiger partial charge in [-0.3, -0.25) is 9.69 Å². The topological polar surface area (TPSA) is 41.6 Å². The molecule has 0 bridgehead atoms. The van der Waals surface area contributed by atoms with Gasteiger partial charge in [-0.2, -0.15) is 0 Å². The maximum Gasteiger partial charge on any atom is 0.323 e. The van der Waals surface area contributed by atoms with Gasteiger partial charge in [-0.05, 0) is 26.4 Å². The fraction of sp³-hybridized carbons (Fsp3) is 0.900. The van der Waals surface area contributed by atoms with E-state index in [1.54, 1.807) is 0 Å². The van der Waals surface area contributed by atoms with E-state index in [1.807, 2.05) is 7.05 Å². The number of nitrogens with zero attached hydrogens (tertiary/aromatic N) is 1. The van der Waals surface area contributed by atoms with Gasteiger partial charge in [0.1, 0.15) is 6.04 Å². The number of esters is 1. The van der Waals surface area contributed by atoms with E-state index in [1.165, 1.54) is 12.8 Å². The van der Waals surface area contributed by atoms with E-state index in [-0.39, 0.29) is 12.0 Å². The highest BCUT2D eigenvalue weighted by molar-refractivity contribution is 5.77. The van der Waals surface area contributed by atoms with Crippen molar-refractivity contribution in [2.45, 2.75) is 31.3 Å². The van der Waals surface area contributed by atoms with Gasteiger partial charge in [0, 0.05) is 19.0 Å².